The Bertz CT molecular complexity index is 328. The van der Waals surface area contributed by atoms with E-state index in [9.17, 15) is 4.79 Å². The molecule has 82 valence electrons. The highest BCUT2D eigenvalue weighted by atomic mass is 35.5. The second kappa shape index (κ2) is 6.30. The molecule has 2 N–H and O–H groups in total. The third-order valence-corrected chi connectivity index (χ3v) is 2.25. The second-order valence-corrected chi connectivity index (χ2v) is 3.65. The average molecular weight is 227 g/mol. The van der Waals surface area contributed by atoms with E-state index in [1.54, 1.807) is 7.05 Å². The topological polar surface area (TPSA) is 41.1 Å². The summed E-state index contributed by atoms with van der Waals surface area (Å²) in [7, 11) is 1.65. The molecule has 0 heterocycles. The Labute approximate surface area is 94.8 Å². The zero-order valence-electron chi connectivity index (χ0n) is 8.72. The molecule has 0 atom stereocenters. The highest BCUT2D eigenvalue weighted by molar-refractivity contribution is 6.30. The Kier molecular flexibility index (Phi) is 4.98. The first-order chi connectivity index (χ1) is 7.22. The zero-order chi connectivity index (χ0) is 11.1. The van der Waals surface area contributed by atoms with Gasteiger partial charge in [0.05, 0.1) is 0 Å². The molecule has 0 aromatic heterocycles. The number of halogens is 1. The van der Waals surface area contributed by atoms with Crippen molar-refractivity contribution in [1.82, 2.24) is 5.32 Å². The van der Waals surface area contributed by atoms with Crippen molar-refractivity contribution in [3.05, 3.63) is 29.3 Å². The number of anilines is 1. The zero-order valence-corrected chi connectivity index (χ0v) is 9.47. The molecule has 0 radical (unpaired) electrons. The van der Waals surface area contributed by atoms with Gasteiger partial charge in [-0.25, -0.2) is 0 Å². The highest BCUT2D eigenvalue weighted by Crippen LogP contribution is 2.14. The standard InChI is InChI=1S/C11H15ClN2O/c1-13-11(15)6-3-7-14-10-5-2-4-9(12)8-10/h2,4-5,8,14H,3,6-7H2,1H3,(H,13,15). The summed E-state index contributed by atoms with van der Waals surface area (Å²) in [6, 6.07) is 7.54. The molecule has 0 saturated heterocycles. The maximum atomic E-state index is 10.9. The number of rotatable bonds is 5. The first kappa shape index (κ1) is 11.9. The molecular weight excluding hydrogens is 212 g/mol. The maximum Gasteiger partial charge on any atom is 0.219 e. The summed E-state index contributed by atoms with van der Waals surface area (Å²) in [4.78, 5) is 10.9. The normalized spacial score (nSPS) is 9.73. The van der Waals surface area contributed by atoms with E-state index >= 15 is 0 Å². The van der Waals surface area contributed by atoms with Crippen LogP contribution in [-0.4, -0.2) is 19.5 Å². The molecule has 0 saturated carbocycles. The smallest absolute Gasteiger partial charge is 0.219 e. The number of amides is 1. The molecule has 1 aromatic rings. The lowest BCUT2D eigenvalue weighted by atomic mass is 10.2. The van der Waals surface area contributed by atoms with Gasteiger partial charge in [-0.15, -0.1) is 0 Å². The minimum Gasteiger partial charge on any atom is -0.385 e. The number of hydrogen-bond acceptors (Lipinski definition) is 2. The number of carbonyl (C=O) groups excluding carboxylic acids is 1. The van der Waals surface area contributed by atoms with Crippen LogP contribution in [-0.2, 0) is 4.79 Å². The predicted molar refractivity (Wildman–Crippen MR) is 63.2 cm³/mol. The fraction of sp³-hybridized carbons (Fsp3) is 0.364. The van der Waals surface area contributed by atoms with Gasteiger partial charge < -0.3 is 10.6 Å². The average Bonchev–Trinajstić information content (AvgIpc) is 2.24. The van der Waals surface area contributed by atoms with Crippen molar-refractivity contribution < 1.29 is 4.79 Å². The van der Waals surface area contributed by atoms with Gasteiger partial charge in [0.1, 0.15) is 0 Å². The number of nitrogens with one attached hydrogen (secondary N) is 2. The quantitative estimate of drug-likeness (QED) is 0.757. The summed E-state index contributed by atoms with van der Waals surface area (Å²) in [6.45, 7) is 0.772. The Morgan fingerprint density at radius 1 is 1.47 bits per heavy atom. The fourth-order valence-corrected chi connectivity index (χ4v) is 1.40. The summed E-state index contributed by atoms with van der Waals surface area (Å²) in [5, 5.41) is 6.50. The van der Waals surface area contributed by atoms with E-state index in [1.165, 1.54) is 0 Å². The third-order valence-electron chi connectivity index (χ3n) is 2.01. The fourth-order valence-electron chi connectivity index (χ4n) is 1.21. The molecular formula is C11H15ClN2O. The van der Waals surface area contributed by atoms with Crippen LogP contribution < -0.4 is 10.6 Å². The summed E-state index contributed by atoms with van der Waals surface area (Å²) < 4.78 is 0. The Morgan fingerprint density at radius 2 is 2.27 bits per heavy atom. The second-order valence-electron chi connectivity index (χ2n) is 3.21. The third kappa shape index (κ3) is 4.70. The van der Waals surface area contributed by atoms with Gasteiger partial charge in [-0.1, -0.05) is 17.7 Å². The Morgan fingerprint density at radius 3 is 2.93 bits per heavy atom. The molecule has 1 rings (SSSR count). The van der Waals surface area contributed by atoms with E-state index in [1.807, 2.05) is 24.3 Å². The van der Waals surface area contributed by atoms with Crippen molar-refractivity contribution in [2.45, 2.75) is 12.8 Å². The van der Waals surface area contributed by atoms with Crippen molar-refractivity contribution in [3.8, 4) is 0 Å². The molecule has 0 fully saturated rings. The predicted octanol–water partition coefficient (Wildman–Crippen LogP) is 2.28. The Balaban J connectivity index is 2.23. The molecule has 4 heteroatoms. The van der Waals surface area contributed by atoms with Crippen molar-refractivity contribution in [3.63, 3.8) is 0 Å². The molecule has 0 bridgehead atoms. The van der Waals surface area contributed by atoms with E-state index in [0.717, 1.165) is 18.7 Å². The van der Waals surface area contributed by atoms with Crippen LogP contribution in [0.3, 0.4) is 0 Å². The summed E-state index contributed by atoms with van der Waals surface area (Å²) in [5.41, 5.74) is 0.986. The van der Waals surface area contributed by atoms with Gasteiger partial charge in [-0.05, 0) is 24.6 Å². The maximum absolute atomic E-state index is 10.9. The highest BCUT2D eigenvalue weighted by Gasteiger charge is 1.97. The molecule has 15 heavy (non-hydrogen) atoms. The molecule has 0 unspecified atom stereocenters. The monoisotopic (exact) mass is 226 g/mol. The lowest BCUT2D eigenvalue weighted by molar-refractivity contribution is -0.120. The van der Waals surface area contributed by atoms with E-state index in [-0.39, 0.29) is 5.91 Å². The van der Waals surface area contributed by atoms with E-state index in [0.29, 0.717) is 11.4 Å². The number of hydrogen-bond donors (Lipinski definition) is 2. The minimum absolute atomic E-state index is 0.0721. The molecule has 3 nitrogen and oxygen atoms in total. The van der Waals surface area contributed by atoms with E-state index < -0.39 is 0 Å². The molecule has 1 amide bonds. The van der Waals surface area contributed by atoms with E-state index in [4.69, 9.17) is 11.6 Å². The van der Waals surface area contributed by atoms with E-state index in [2.05, 4.69) is 10.6 Å². The van der Waals surface area contributed by atoms with Gasteiger partial charge in [0.25, 0.3) is 0 Å². The first-order valence-corrected chi connectivity index (χ1v) is 5.30. The number of carbonyl (C=O) groups is 1. The van der Waals surface area contributed by atoms with Crippen LogP contribution in [0.1, 0.15) is 12.8 Å². The van der Waals surface area contributed by atoms with Crippen LogP contribution in [0.15, 0.2) is 24.3 Å². The largest absolute Gasteiger partial charge is 0.385 e. The van der Waals surface area contributed by atoms with Gasteiger partial charge in [0, 0.05) is 30.7 Å². The van der Waals surface area contributed by atoms with Gasteiger partial charge in [0.15, 0.2) is 0 Å². The van der Waals surface area contributed by atoms with Gasteiger partial charge in [-0.2, -0.15) is 0 Å². The molecule has 1 aromatic carbocycles. The van der Waals surface area contributed by atoms with Crippen LogP contribution in [0.5, 0.6) is 0 Å². The minimum atomic E-state index is 0.0721. The number of benzene rings is 1. The first-order valence-electron chi connectivity index (χ1n) is 4.92. The van der Waals surface area contributed by atoms with Gasteiger partial charge >= 0.3 is 0 Å². The summed E-state index contributed by atoms with van der Waals surface area (Å²) in [5.74, 6) is 0.0721. The molecule has 0 spiro atoms. The van der Waals surface area contributed by atoms with Crippen LogP contribution in [0.4, 0.5) is 5.69 Å². The molecule has 0 aliphatic carbocycles. The van der Waals surface area contributed by atoms with Crippen LogP contribution >= 0.6 is 11.6 Å². The van der Waals surface area contributed by atoms with Gasteiger partial charge in [0.2, 0.25) is 5.91 Å². The lowest BCUT2D eigenvalue weighted by Gasteiger charge is -2.05. The summed E-state index contributed by atoms with van der Waals surface area (Å²) in [6.07, 6.45) is 1.36. The SMILES string of the molecule is CNC(=O)CCCNc1cccc(Cl)c1. The van der Waals surface area contributed by atoms with Gasteiger partial charge in [-0.3, -0.25) is 4.79 Å². The van der Waals surface area contributed by atoms with Crippen LogP contribution in [0.2, 0.25) is 5.02 Å². The van der Waals surface area contributed by atoms with Crippen LogP contribution in [0.25, 0.3) is 0 Å². The molecule has 0 aliphatic rings. The van der Waals surface area contributed by atoms with Crippen LogP contribution in [0, 0.1) is 0 Å². The van der Waals surface area contributed by atoms with Crippen molar-refractivity contribution in [1.29, 1.82) is 0 Å². The van der Waals surface area contributed by atoms with Crippen molar-refractivity contribution >= 4 is 23.2 Å². The van der Waals surface area contributed by atoms with Crippen molar-refractivity contribution in [2.24, 2.45) is 0 Å². The summed E-state index contributed by atoms with van der Waals surface area (Å²) >= 11 is 5.83. The Hall–Kier alpha value is -1.22. The molecule has 0 aliphatic heterocycles. The van der Waals surface area contributed by atoms with Crippen molar-refractivity contribution in [2.75, 3.05) is 18.9 Å². The lowest BCUT2D eigenvalue weighted by Crippen LogP contribution is -2.18.